The molecule has 148 valence electrons. The van der Waals surface area contributed by atoms with Crippen LogP contribution in [0.3, 0.4) is 0 Å². The molecule has 1 aliphatic heterocycles. The maximum atomic E-state index is 13.2. The van der Waals surface area contributed by atoms with Gasteiger partial charge >= 0.3 is 0 Å². The van der Waals surface area contributed by atoms with E-state index in [0.717, 1.165) is 24.8 Å². The van der Waals surface area contributed by atoms with Crippen molar-refractivity contribution >= 4 is 40.7 Å². The first kappa shape index (κ1) is 18.4. The smallest absolute Gasteiger partial charge is 0.257 e. The van der Waals surface area contributed by atoms with Crippen LogP contribution in [0.25, 0.3) is 0 Å². The van der Waals surface area contributed by atoms with Gasteiger partial charge in [-0.1, -0.05) is 29.8 Å². The molecule has 3 fully saturated rings. The van der Waals surface area contributed by atoms with Crippen LogP contribution in [-0.4, -0.2) is 17.7 Å². The van der Waals surface area contributed by atoms with E-state index < -0.39 is 0 Å². The summed E-state index contributed by atoms with van der Waals surface area (Å²) < 4.78 is 0. The second-order valence-electron chi connectivity index (χ2n) is 8.33. The average Bonchev–Trinajstić information content (AvgIpc) is 3.38. The minimum Gasteiger partial charge on any atom is -0.322 e. The molecule has 0 spiro atoms. The Morgan fingerprint density at radius 1 is 1.03 bits per heavy atom. The first-order valence-electron chi connectivity index (χ1n) is 10.00. The molecule has 1 N–H and O–H groups in total. The summed E-state index contributed by atoms with van der Waals surface area (Å²) in [6.07, 6.45) is 3.03. The zero-order valence-corrected chi connectivity index (χ0v) is 16.8. The number of imide groups is 1. The third kappa shape index (κ3) is 2.79. The number of carbonyl (C=O) groups excluding carboxylic acids is 3. The summed E-state index contributed by atoms with van der Waals surface area (Å²) in [5.74, 6) is -0.479. The molecule has 1 saturated heterocycles. The number of fused-ring (bicyclic) bond motifs is 5. The lowest BCUT2D eigenvalue weighted by atomic mass is 9.81. The van der Waals surface area contributed by atoms with Crippen molar-refractivity contribution in [2.45, 2.75) is 26.2 Å². The van der Waals surface area contributed by atoms with E-state index in [1.807, 2.05) is 13.0 Å². The molecule has 6 heteroatoms. The molecule has 2 saturated carbocycles. The van der Waals surface area contributed by atoms with Crippen molar-refractivity contribution in [2.75, 3.05) is 10.2 Å². The predicted octanol–water partition coefficient (Wildman–Crippen LogP) is 4.44. The van der Waals surface area contributed by atoms with Gasteiger partial charge in [-0.05, 0) is 67.9 Å². The zero-order chi connectivity index (χ0) is 20.3. The first-order chi connectivity index (χ1) is 14.0. The third-order valence-electron chi connectivity index (χ3n) is 6.76. The molecule has 2 aromatic carbocycles. The lowest BCUT2D eigenvalue weighted by Crippen LogP contribution is -2.34. The SMILES string of the molecule is Cc1ccc(Cl)cc1NC(=O)c1ccccc1N1C(=O)[C@@H]2[C@@H]3CC[C@H](C3)[C@@H]2C1=O. The number of hydrogen-bond acceptors (Lipinski definition) is 3. The summed E-state index contributed by atoms with van der Waals surface area (Å²) in [5.41, 5.74) is 2.15. The van der Waals surface area contributed by atoms with E-state index in [1.165, 1.54) is 4.90 Å². The molecule has 3 aliphatic rings. The predicted molar refractivity (Wildman–Crippen MR) is 111 cm³/mol. The van der Waals surface area contributed by atoms with Crippen LogP contribution in [-0.2, 0) is 9.59 Å². The van der Waals surface area contributed by atoms with Crippen LogP contribution < -0.4 is 10.2 Å². The van der Waals surface area contributed by atoms with E-state index in [9.17, 15) is 14.4 Å². The quantitative estimate of drug-likeness (QED) is 0.763. The number of amides is 3. The molecule has 5 rings (SSSR count). The lowest BCUT2D eigenvalue weighted by molar-refractivity contribution is -0.123. The van der Waals surface area contributed by atoms with E-state index >= 15 is 0 Å². The highest BCUT2D eigenvalue weighted by Crippen LogP contribution is 2.56. The summed E-state index contributed by atoms with van der Waals surface area (Å²) >= 11 is 6.06. The number of para-hydroxylation sites is 1. The van der Waals surface area contributed by atoms with Gasteiger partial charge in [-0.25, -0.2) is 4.90 Å². The van der Waals surface area contributed by atoms with E-state index in [0.29, 0.717) is 33.8 Å². The van der Waals surface area contributed by atoms with Gasteiger partial charge < -0.3 is 5.32 Å². The van der Waals surface area contributed by atoms with Crippen molar-refractivity contribution in [3.05, 3.63) is 58.6 Å². The largest absolute Gasteiger partial charge is 0.322 e. The third-order valence-corrected chi connectivity index (χ3v) is 7.00. The van der Waals surface area contributed by atoms with E-state index in [2.05, 4.69) is 5.32 Å². The van der Waals surface area contributed by atoms with Crippen molar-refractivity contribution in [1.29, 1.82) is 0 Å². The number of anilines is 2. The molecule has 3 amide bonds. The number of rotatable bonds is 3. The van der Waals surface area contributed by atoms with Crippen LogP contribution in [0.4, 0.5) is 11.4 Å². The summed E-state index contributed by atoms with van der Waals surface area (Å²) in [5, 5.41) is 3.39. The van der Waals surface area contributed by atoms with Gasteiger partial charge in [0, 0.05) is 10.7 Å². The minimum atomic E-state index is -0.369. The average molecular weight is 409 g/mol. The van der Waals surface area contributed by atoms with Crippen LogP contribution in [0.15, 0.2) is 42.5 Å². The molecule has 0 radical (unpaired) electrons. The molecule has 2 aromatic rings. The second kappa shape index (κ2) is 6.70. The van der Waals surface area contributed by atoms with Crippen LogP contribution in [0.2, 0.25) is 5.02 Å². The minimum absolute atomic E-state index is 0.147. The van der Waals surface area contributed by atoms with Crippen LogP contribution in [0.5, 0.6) is 0 Å². The van der Waals surface area contributed by atoms with Gasteiger partial charge in [0.15, 0.2) is 0 Å². The molecule has 2 bridgehead atoms. The number of halogens is 1. The Balaban J connectivity index is 1.49. The summed E-state index contributed by atoms with van der Waals surface area (Å²) in [7, 11) is 0. The Hall–Kier alpha value is -2.66. The molecule has 0 unspecified atom stereocenters. The Morgan fingerprint density at radius 2 is 1.69 bits per heavy atom. The van der Waals surface area contributed by atoms with Gasteiger partial charge in [-0.2, -0.15) is 0 Å². The topological polar surface area (TPSA) is 66.5 Å². The molecular weight excluding hydrogens is 388 g/mol. The Labute approximate surface area is 174 Å². The van der Waals surface area contributed by atoms with Crippen LogP contribution in [0.1, 0.15) is 35.2 Å². The zero-order valence-electron chi connectivity index (χ0n) is 16.0. The van der Waals surface area contributed by atoms with Crippen molar-refractivity contribution in [3.8, 4) is 0 Å². The fourth-order valence-corrected chi connectivity index (χ4v) is 5.60. The molecule has 0 aromatic heterocycles. The van der Waals surface area contributed by atoms with Gasteiger partial charge in [0.2, 0.25) is 11.8 Å². The molecule has 4 atom stereocenters. The number of benzene rings is 2. The molecule has 1 heterocycles. The van der Waals surface area contributed by atoms with Gasteiger partial charge in [-0.15, -0.1) is 0 Å². The Kier molecular flexibility index (Phi) is 4.24. The summed E-state index contributed by atoms with van der Waals surface area (Å²) in [6.45, 7) is 1.88. The van der Waals surface area contributed by atoms with Crippen molar-refractivity contribution in [2.24, 2.45) is 23.7 Å². The van der Waals surface area contributed by atoms with Gasteiger partial charge in [0.25, 0.3) is 5.91 Å². The fraction of sp³-hybridized carbons (Fsp3) is 0.348. The van der Waals surface area contributed by atoms with Crippen molar-refractivity contribution < 1.29 is 14.4 Å². The Bertz CT molecular complexity index is 1020. The molecular formula is C23H21ClN2O3. The molecule has 5 nitrogen and oxygen atoms in total. The molecule has 29 heavy (non-hydrogen) atoms. The van der Waals surface area contributed by atoms with Crippen molar-refractivity contribution in [3.63, 3.8) is 0 Å². The van der Waals surface area contributed by atoms with Gasteiger partial charge in [0.05, 0.1) is 23.1 Å². The van der Waals surface area contributed by atoms with Gasteiger partial charge in [0.1, 0.15) is 0 Å². The standard InChI is InChI=1S/C23H21ClN2O3/c1-12-6-9-15(24)11-17(12)25-21(27)16-4-2-3-5-18(16)26-22(28)19-13-7-8-14(10-13)20(19)23(26)29/h2-6,9,11,13-14,19-20H,7-8,10H2,1H3,(H,25,27)/t13-,14-,19-,20+/m1/s1. The fourth-order valence-electron chi connectivity index (χ4n) is 5.43. The monoisotopic (exact) mass is 408 g/mol. The lowest BCUT2D eigenvalue weighted by Gasteiger charge is -2.20. The highest BCUT2D eigenvalue weighted by Gasteiger charge is 2.61. The summed E-state index contributed by atoms with van der Waals surface area (Å²) in [6, 6.07) is 12.1. The van der Waals surface area contributed by atoms with Crippen molar-refractivity contribution in [1.82, 2.24) is 0 Å². The molecule has 2 aliphatic carbocycles. The number of hydrogen-bond donors (Lipinski definition) is 1. The van der Waals surface area contributed by atoms with Gasteiger partial charge in [-0.3, -0.25) is 14.4 Å². The van der Waals surface area contributed by atoms with E-state index in [1.54, 1.807) is 36.4 Å². The number of nitrogens with one attached hydrogen (secondary N) is 1. The first-order valence-corrected chi connectivity index (χ1v) is 10.4. The maximum Gasteiger partial charge on any atom is 0.257 e. The number of carbonyl (C=O) groups is 3. The maximum absolute atomic E-state index is 13.2. The van der Waals surface area contributed by atoms with E-state index in [4.69, 9.17) is 11.6 Å². The summed E-state index contributed by atoms with van der Waals surface area (Å²) in [4.78, 5) is 40.7. The number of aryl methyl sites for hydroxylation is 1. The van der Waals surface area contributed by atoms with E-state index in [-0.39, 0.29) is 29.6 Å². The Morgan fingerprint density at radius 3 is 2.38 bits per heavy atom. The highest BCUT2D eigenvalue weighted by atomic mass is 35.5. The van der Waals surface area contributed by atoms with Crippen LogP contribution >= 0.6 is 11.6 Å². The normalized spacial score (nSPS) is 27.4. The van der Waals surface area contributed by atoms with Crippen LogP contribution in [0, 0.1) is 30.6 Å². The second-order valence-corrected chi connectivity index (χ2v) is 8.76. The number of nitrogens with zero attached hydrogens (tertiary/aromatic N) is 1. The highest BCUT2D eigenvalue weighted by molar-refractivity contribution is 6.31.